The van der Waals surface area contributed by atoms with Gasteiger partial charge in [0.15, 0.2) is 0 Å². The van der Waals surface area contributed by atoms with Crippen molar-refractivity contribution in [3.63, 3.8) is 0 Å². The molecule has 1 aromatic carbocycles. The Labute approximate surface area is 153 Å². The zero-order valence-electron chi connectivity index (χ0n) is 13.1. The minimum atomic E-state index is -0.413. The van der Waals surface area contributed by atoms with Crippen LogP contribution in [-0.4, -0.2) is 29.7 Å². The number of carbonyl (C=O) groups is 1. The van der Waals surface area contributed by atoms with Crippen molar-refractivity contribution < 1.29 is 42.2 Å². The largest absolute Gasteiger partial charge is 0.693 e. The molecule has 1 aliphatic heterocycles. The van der Waals surface area contributed by atoms with Crippen LogP contribution in [0.25, 0.3) is 6.15 Å². The van der Waals surface area contributed by atoms with E-state index in [1.807, 2.05) is 37.8 Å². The second-order valence-corrected chi connectivity index (χ2v) is 6.07. The third kappa shape index (κ3) is 6.45. The third-order valence-corrected chi connectivity index (χ3v) is 3.36. The summed E-state index contributed by atoms with van der Waals surface area (Å²) >= 11 is 0. The van der Waals surface area contributed by atoms with E-state index in [1.165, 1.54) is 5.56 Å². The summed E-state index contributed by atoms with van der Waals surface area (Å²) in [5.74, 6) is 0.549. The smallest absolute Gasteiger partial charge is 0.410 e. The van der Waals surface area contributed by atoms with Gasteiger partial charge in [-0.05, 0) is 39.5 Å². The number of carbonyl (C=O) groups excluding carboxylic acids is 1. The molecule has 21 heavy (non-hydrogen) atoms. The number of benzene rings is 1. The number of ether oxygens (including phenoxy) is 1. The molecule has 1 heterocycles. The molecule has 0 unspecified atom stereocenters. The molecule has 1 amide bonds. The van der Waals surface area contributed by atoms with E-state index in [4.69, 9.17) is 4.74 Å². The van der Waals surface area contributed by atoms with E-state index in [1.54, 1.807) is 0 Å². The predicted octanol–water partition coefficient (Wildman–Crippen LogP) is 4.32. The van der Waals surface area contributed by atoms with Crippen LogP contribution in [0, 0.1) is 6.07 Å². The molecule has 1 saturated heterocycles. The molecule has 0 atom stereocenters. The Bertz CT molecular complexity index is 424. The van der Waals surface area contributed by atoms with Gasteiger partial charge in [0, 0.05) is 45.8 Å². The fourth-order valence-corrected chi connectivity index (χ4v) is 2.39. The number of rotatable bonds is 1. The molecule has 1 aromatic rings. The van der Waals surface area contributed by atoms with Gasteiger partial charge >= 0.3 is 6.09 Å². The van der Waals surface area contributed by atoms with E-state index in [2.05, 4.69) is 18.2 Å². The number of likely N-dealkylation sites (tertiary alicyclic amines) is 1. The summed E-state index contributed by atoms with van der Waals surface area (Å²) in [5.41, 5.74) is 0.936. The van der Waals surface area contributed by atoms with Gasteiger partial charge in [-0.25, -0.2) is 4.79 Å². The van der Waals surface area contributed by atoms with Gasteiger partial charge in [-0.1, -0.05) is 0 Å². The molecule has 0 bridgehead atoms. The molecule has 115 valence electrons. The van der Waals surface area contributed by atoms with Crippen molar-refractivity contribution in [1.82, 2.24) is 4.90 Å². The second kappa shape index (κ2) is 8.87. The van der Waals surface area contributed by atoms with Crippen LogP contribution in [0.3, 0.4) is 0 Å². The van der Waals surface area contributed by atoms with Crippen molar-refractivity contribution in [2.45, 2.75) is 45.1 Å². The zero-order valence-corrected chi connectivity index (χ0v) is 16.0. The van der Waals surface area contributed by atoms with E-state index >= 15 is 0 Å². The molecule has 0 spiro atoms. The Morgan fingerprint density at radius 2 is 1.76 bits per heavy atom. The van der Waals surface area contributed by atoms with Crippen molar-refractivity contribution in [1.29, 1.82) is 0 Å². The van der Waals surface area contributed by atoms with Crippen LogP contribution >= 0.6 is 0 Å². The van der Waals surface area contributed by atoms with Crippen LogP contribution in [-0.2, 0) is 37.4 Å². The van der Waals surface area contributed by atoms with Gasteiger partial charge in [-0.2, -0.15) is 35.9 Å². The molecule has 1 radical (unpaired) electrons. The van der Waals surface area contributed by atoms with Crippen molar-refractivity contribution in [3.05, 3.63) is 42.0 Å². The maximum Gasteiger partial charge on any atom is 0.410 e. The maximum atomic E-state index is 12.0. The Morgan fingerprint density at radius 1 is 1.24 bits per heavy atom. The standard InChI is InChI=1S/C16H22NO2.H2N.Y/c1-16(2,3)19-15(18)17-11-9-14(10-12-17)13-7-5-4-6-8-13;;/h5-8,14H,9-12H2,1-3H3;1H2;/q2*-1;. The first-order valence-electron chi connectivity index (χ1n) is 6.89. The Balaban J connectivity index is 0.00000200. The van der Waals surface area contributed by atoms with Gasteiger partial charge in [-0.3, -0.25) is 0 Å². The summed E-state index contributed by atoms with van der Waals surface area (Å²) < 4.78 is 5.40. The quantitative estimate of drug-likeness (QED) is 0.696. The summed E-state index contributed by atoms with van der Waals surface area (Å²) in [5, 5.41) is 0. The average Bonchev–Trinajstić information content (AvgIpc) is 2.38. The molecule has 2 N–H and O–H groups in total. The van der Waals surface area contributed by atoms with Crippen molar-refractivity contribution in [3.8, 4) is 0 Å². The van der Waals surface area contributed by atoms with Crippen LogP contribution in [0.15, 0.2) is 24.3 Å². The minimum Gasteiger partial charge on any atom is -0.693 e. The Hall–Kier alpha value is -0.446. The number of piperidine rings is 1. The van der Waals surface area contributed by atoms with E-state index in [0.29, 0.717) is 5.92 Å². The van der Waals surface area contributed by atoms with Crippen molar-refractivity contribution >= 4 is 6.09 Å². The van der Waals surface area contributed by atoms with Crippen molar-refractivity contribution in [2.24, 2.45) is 0 Å². The Kier molecular flexibility index (Phi) is 8.68. The van der Waals surface area contributed by atoms with Crippen LogP contribution in [0.2, 0.25) is 0 Å². The van der Waals surface area contributed by atoms with Crippen LogP contribution in [0.1, 0.15) is 45.1 Å². The summed E-state index contributed by atoms with van der Waals surface area (Å²) in [7, 11) is 0. The van der Waals surface area contributed by atoms with Gasteiger partial charge in [0.25, 0.3) is 0 Å². The third-order valence-electron chi connectivity index (χ3n) is 3.36. The monoisotopic (exact) mass is 365 g/mol. The van der Waals surface area contributed by atoms with E-state index in [9.17, 15) is 4.79 Å². The molecule has 0 saturated carbocycles. The topological polar surface area (TPSA) is 63.0 Å². The van der Waals surface area contributed by atoms with E-state index < -0.39 is 5.60 Å². The number of amides is 1. The van der Waals surface area contributed by atoms with E-state index in [0.717, 1.165) is 25.9 Å². The van der Waals surface area contributed by atoms with Gasteiger partial charge in [0.05, 0.1) is 0 Å². The fraction of sp³-hybridized carbons (Fsp3) is 0.562. The summed E-state index contributed by atoms with van der Waals surface area (Å²) in [6, 6.07) is 11.2. The maximum absolute atomic E-state index is 12.0. The average molecular weight is 365 g/mol. The molecule has 1 aliphatic rings. The van der Waals surface area contributed by atoms with Crippen LogP contribution < -0.4 is 0 Å². The summed E-state index contributed by atoms with van der Waals surface area (Å²) in [4.78, 5) is 13.8. The first kappa shape index (κ1) is 20.6. The normalized spacial score (nSPS) is 15.7. The van der Waals surface area contributed by atoms with Crippen LogP contribution in [0.5, 0.6) is 0 Å². The molecule has 1 fully saturated rings. The summed E-state index contributed by atoms with van der Waals surface area (Å²) in [6.45, 7) is 7.25. The number of hydrogen-bond acceptors (Lipinski definition) is 2. The number of nitrogens with zero attached hydrogens (tertiary/aromatic N) is 1. The number of nitrogens with two attached hydrogens (primary N) is 1. The fourth-order valence-electron chi connectivity index (χ4n) is 2.39. The first-order chi connectivity index (χ1) is 8.96. The summed E-state index contributed by atoms with van der Waals surface area (Å²) in [6.07, 6.45) is 1.82. The first-order valence-corrected chi connectivity index (χ1v) is 6.89. The van der Waals surface area contributed by atoms with Gasteiger partial charge in [-0.15, -0.1) is 0 Å². The van der Waals surface area contributed by atoms with Gasteiger partial charge in [0.2, 0.25) is 0 Å². The van der Waals surface area contributed by atoms with E-state index in [-0.39, 0.29) is 45.0 Å². The molecular weight excluding hydrogens is 341 g/mol. The molecule has 0 aromatic heterocycles. The number of hydrogen-bond donors (Lipinski definition) is 0. The second-order valence-electron chi connectivity index (χ2n) is 6.07. The molecule has 0 aliphatic carbocycles. The molecular formula is C16H24N2O2Y-2. The molecule has 2 rings (SSSR count). The molecule has 4 nitrogen and oxygen atoms in total. The SMILES string of the molecule is CC(C)(C)OC(=O)N1CCC(c2cc[c-]cc2)CC1.[NH2-].[Y]. The van der Waals surface area contributed by atoms with Crippen LogP contribution in [0.4, 0.5) is 4.79 Å². The molecule has 5 heteroatoms. The van der Waals surface area contributed by atoms with Gasteiger partial charge < -0.3 is 15.8 Å². The Morgan fingerprint density at radius 3 is 2.24 bits per heavy atom. The van der Waals surface area contributed by atoms with Crippen molar-refractivity contribution in [2.75, 3.05) is 13.1 Å². The van der Waals surface area contributed by atoms with Gasteiger partial charge in [0.1, 0.15) is 5.60 Å². The predicted molar refractivity (Wildman–Crippen MR) is 80.3 cm³/mol. The zero-order chi connectivity index (χ0) is 13.9. The minimum absolute atomic E-state index is 0.